The molecule has 1 amide bonds. The van der Waals surface area contributed by atoms with Crippen molar-refractivity contribution in [2.24, 2.45) is 0 Å². The first-order valence-corrected chi connectivity index (χ1v) is 6.67. The van der Waals surface area contributed by atoms with Crippen molar-refractivity contribution in [3.8, 4) is 0 Å². The molecule has 100 valence electrons. The number of amides is 1. The number of nitrogens with zero attached hydrogens (tertiary/aromatic N) is 1. The van der Waals surface area contributed by atoms with Gasteiger partial charge in [0.25, 0.3) is 5.91 Å². The average molecular weight is 259 g/mol. The summed E-state index contributed by atoms with van der Waals surface area (Å²) in [6, 6.07) is 3.56. The minimum absolute atomic E-state index is 0.144. The number of nitrogens with one attached hydrogen (secondary N) is 2. The molecule has 0 aliphatic heterocycles. The monoisotopic (exact) mass is 259 g/mol. The van der Waals surface area contributed by atoms with Crippen LogP contribution in [-0.4, -0.2) is 33.1 Å². The number of carbonyl (C=O) groups is 1. The standard InChI is InChI=1S/C14H17N3O2/c18-12-6-2-1-4-10(12)17-14(19)9-8-16-11-5-3-7-15-13(9)11/h3,5,7-8,10,12,16,18H,1-2,4,6H2,(H,17,19)/t10-,12-/m0/s1. The molecule has 1 aliphatic carbocycles. The zero-order chi connectivity index (χ0) is 13.2. The third-order valence-electron chi connectivity index (χ3n) is 3.73. The van der Waals surface area contributed by atoms with Crippen molar-refractivity contribution in [2.75, 3.05) is 0 Å². The van der Waals surface area contributed by atoms with Crippen molar-refractivity contribution < 1.29 is 9.90 Å². The SMILES string of the molecule is O=C(N[C@H]1CCCC[C@@H]1O)c1c[nH]c2cccnc12. The zero-order valence-corrected chi connectivity index (χ0v) is 10.6. The van der Waals surface area contributed by atoms with Crippen LogP contribution in [0.5, 0.6) is 0 Å². The van der Waals surface area contributed by atoms with Gasteiger partial charge in [0.05, 0.1) is 23.2 Å². The number of H-pyrrole nitrogens is 1. The highest BCUT2D eigenvalue weighted by atomic mass is 16.3. The van der Waals surface area contributed by atoms with Gasteiger partial charge in [-0.25, -0.2) is 0 Å². The van der Waals surface area contributed by atoms with Gasteiger partial charge in [0.1, 0.15) is 5.52 Å². The molecule has 2 aromatic rings. The van der Waals surface area contributed by atoms with Crippen molar-refractivity contribution in [2.45, 2.75) is 37.8 Å². The smallest absolute Gasteiger partial charge is 0.255 e. The van der Waals surface area contributed by atoms with Gasteiger partial charge in [-0.1, -0.05) is 12.8 Å². The molecule has 2 atom stereocenters. The number of aromatic amines is 1. The molecular weight excluding hydrogens is 242 g/mol. The quantitative estimate of drug-likeness (QED) is 0.766. The first-order valence-electron chi connectivity index (χ1n) is 6.67. The number of hydrogen-bond donors (Lipinski definition) is 3. The molecule has 3 rings (SSSR count). The van der Waals surface area contributed by atoms with Crippen LogP contribution in [0.1, 0.15) is 36.0 Å². The Morgan fingerprint density at radius 1 is 1.42 bits per heavy atom. The van der Waals surface area contributed by atoms with Gasteiger partial charge < -0.3 is 15.4 Å². The van der Waals surface area contributed by atoms with Gasteiger partial charge in [0, 0.05) is 12.4 Å². The van der Waals surface area contributed by atoms with E-state index < -0.39 is 6.10 Å². The van der Waals surface area contributed by atoms with E-state index >= 15 is 0 Å². The van der Waals surface area contributed by atoms with Crippen LogP contribution in [0.25, 0.3) is 11.0 Å². The van der Waals surface area contributed by atoms with Crippen LogP contribution in [0.15, 0.2) is 24.5 Å². The van der Waals surface area contributed by atoms with E-state index in [1.54, 1.807) is 12.4 Å². The lowest BCUT2D eigenvalue weighted by atomic mass is 9.92. The number of rotatable bonds is 2. The Bertz CT molecular complexity index is 593. The van der Waals surface area contributed by atoms with Crippen LogP contribution in [0.2, 0.25) is 0 Å². The van der Waals surface area contributed by atoms with Crippen LogP contribution in [-0.2, 0) is 0 Å². The minimum atomic E-state index is -0.434. The van der Waals surface area contributed by atoms with Gasteiger partial charge in [0.15, 0.2) is 0 Å². The number of carbonyl (C=O) groups excluding carboxylic acids is 1. The maximum Gasteiger partial charge on any atom is 0.255 e. The fourth-order valence-corrected chi connectivity index (χ4v) is 2.65. The summed E-state index contributed by atoms with van der Waals surface area (Å²) in [6.07, 6.45) is 6.58. The molecule has 1 saturated carbocycles. The molecule has 0 saturated heterocycles. The van der Waals surface area contributed by atoms with Gasteiger partial charge in [-0.15, -0.1) is 0 Å². The summed E-state index contributed by atoms with van der Waals surface area (Å²) in [6.45, 7) is 0. The Morgan fingerprint density at radius 2 is 2.26 bits per heavy atom. The van der Waals surface area contributed by atoms with Crippen LogP contribution < -0.4 is 5.32 Å². The second-order valence-electron chi connectivity index (χ2n) is 5.03. The number of hydrogen-bond acceptors (Lipinski definition) is 3. The maximum atomic E-state index is 12.3. The fourth-order valence-electron chi connectivity index (χ4n) is 2.65. The number of aromatic nitrogens is 2. The third kappa shape index (κ3) is 2.33. The summed E-state index contributed by atoms with van der Waals surface area (Å²) >= 11 is 0. The molecule has 19 heavy (non-hydrogen) atoms. The highest BCUT2D eigenvalue weighted by molar-refractivity contribution is 6.05. The lowest BCUT2D eigenvalue weighted by Crippen LogP contribution is -2.45. The molecule has 0 unspecified atom stereocenters. The van der Waals surface area contributed by atoms with E-state index in [4.69, 9.17) is 0 Å². The van der Waals surface area contributed by atoms with E-state index in [0.717, 1.165) is 31.2 Å². The summed E-state index contributed by atoms with van der Waals surface area (Å²) in [5.41, 5.74) is 2.05. The van der Waals surface area contributed by atoms with E-state index in [1.807, 2.05) is 12.1 Å². The summed E-state index contributed by atoms with van der Waals surface area (Å²) < 4.78 is 0. The molecular formula is C14H17N3O2. The maximum absolute atomic E-state index is 12.3. The van der Waals surface area contributed by atoms with Crippen LogP contribution in [0.3, 0.4) is 0 Å². The Labute approximate surface area is 111 Å². The predicted octanol–water partition coefficient (Wildman–Crippen LogP) is 1.60. The molecule has 5 heteroatoms. The van der Waals surface area contributed by atoms with Crippen molar-refractivity contribution in [1.82, 2.24) is 15.3 Å². The Balaban J connectivity index is 1.80. The zero-order valence-electron chi connectivity index (χ0n) is 10.6. The van der Waals surface area contributed by atoms with Gasteiger partial charge >= 0.3 is 0 Å². The van der Waals surface area contributed by atoms with Crippen LogP contribution in [0, 0.1) is 0 Å². The number of aliphatic hydroxyl groups is 1. The number of pyridine rings is 1. The van der Waals surface area contributed by atoms with Crippen LogP contribution >= 0.6 is 0 Å². The topological polar surface area (TPSA) is 78.0 Å². The van der Waals surface area contributed by atoms with Crippen molar-refractivity contribution >= 4 is 16.9 Å². The molecule has 0 radical (unpaired) electrons. The summed E-state index contributed by atoms with van der Waals surface area (Å²) in [7, 11) is 0. The molecule has 0 aromatic carbocycles. The molecule has 1 aliphatic rings. The Kier molecular flexibility index (Phi) is 3.21. The first kappa shape index (κ1) is 12.2. The molecule has 3 N–H and O–H groups in total. The fraction of sp³-hybridized carbons (Fsp3) is 0.429. The number of aliphatic hydroxyl groups excluding tert-OH is 1. The molecule has 0 spiro atoms. The third-order valence-corrected chi connectivity index (χ3v) is 3.73. The molecule has 0 bridgehead atoms. The Morgan fingerprint density at radius 3 is 3.11 bits per heavy atom. The molecule has 5 nitrogen and oxygen atoms in total. The van der Waals surface area contributed by atoms with Gasteiger partial charge in [-0.05, 0) is 25.0 Å². The second kappa shape index (κ2) is 5.01. The van der Waals surface area contributed by atoms with E-state index in [9.17, 15) is 9.90 Å². The normalized spacial score (nSPS) is 23.4. The lowest BCUT2D eigenvalue weighted by molar-refractivity contribution is 0.0718. The predicted molar refractivity (Wildman–Crippen MR) is 71.8 cm³/mol. The summed E-state index contributed by atoms with van der Waals surface area (Å²) in [5, 5.41) is 12.8. The summed E-state index contributed by atoms with van der Waals surface area (Å²) in [5.74, 6) is -0.170. The average Bonchev–Trinajstić information content (AvgIpc) is 2.85. The van der Waals surface area contributed by atoms with E-state index in [0.29, 0.717) is 11.1 Å². The van der Waals surface area contributed by atoms with E-state index in [1.165, 1.54) is 0 Å². The van der Waals surface area contributed by atoms with E-state index in [2.05, 4.69) is 15.3 Å². The van der Waals surface area contributed by atoms with Gasteiger partial charge in [-0.3, -0.25) is 9.78 Å². The van der Waals surface area contributed by atoms with E-state index in [-0.39, 0.29) is 11.9 Å². The first-order chi connectivity index (χ1) is 9.25. The van der Waals surface area contributed by atoms with Crippen molar-refractivity contribution in [1.29, 1.82) is 0 Å². The summed E-state index contributed by atoms with van der Waals surface area (Å²) in [4.78, 5) is 19.5. The van der Waals surface area contributed by atoms with Crippen molar-refractivity contribution in [3.63, 3.8) is 0 Å². The second-order valence-corrected chi connectivity index (χ2v) is 5.03. The molecule has 2 aromatic heterocycles. The Hall–Kier alpha value is -1.88. The van der Waals surface area contributed by atoms with Crippen LogP contribution in [0.4, 0.5) is 0 Å². The lowest BCUT2D eigenvalue weighted by Gasteiger charge is -2.28. The minimum Gasteiger partial charge on any atom is -0.391 e. The highest BCUT2D eigenvalue weighted by Crippen LogP contribution is 2.20. The molecule has 1 fully saturated rings. The number of fused-ring (bicyclic) bond motifs is 1. The van der Waals surface area contributed by atoms with Crippen molar-refractivity contribution in [3.05, 3.63) is 30.1 Å². The van der Waals surface area contributed by atoms with Gasteiger partial charge in [0.2, 0.25) is 0 Å². The molecule has 2 heterocycles. The van der Waals surface area contributed by atoms with Gasteiger partial charge in [-0.2, -0.15) is 0 Å². The largest absolute Gasteiger partial charge is 0.391 e. The highest BCUT2D eigenvalue weighted by Gasteiger charge is 2.25.